The number of fused-ring (bicyclic) bond motifs is 2. The highest BCUT2D eigenvalue weighted by molar-refractivity contribution is 5.91. The van der Waals surface area contributed by atoms with Crippen molar-refractivity contribution in [3.8, 4) is 0 Å². The predicted molar refractivity (Wildman–Crippen MR) is 96.1 cm³/mol. The molecule has 124 valence electrons. The zero-order valence-corrected chi connectivity index (χ0v) is 14.6. The van der Waals surface area contributed by atoms with Crippen LogP contribution in [-0.2, 0) is 4.79 Å². The van der Waals surface area contributed by atoms with E-state index >= 15 is 0 Å². The standard InChI is InChI=1S/C21H29NO/c1-14(2)18-8-4-16(5-9-18)7-11-21(23)22-15(3)20-13-17-6-10-19(20)12-17/h4-5,7-9,11,14-15,17,19-20H,6,10,12-13H2,1-3H3,(H,22,23). The molecule has 1 N–H and O–H groups in total. The Morgan fingerprint density at radius 3 is 2.43 bits per heavy atom. The van der Waals surface area contributed by atoms with Gasteiger partial charge in [0.2, 0.25) is 5.91 Å². The molecule has 4 atom stereocenters. The highest BCUT2D eigenvalue weighted by Gasteiger charge is 2.41. The van der Waals surface area contributed by atoms with E-state index in [0.717, 1.165) is 17.4 Å². The molecule has 0 heterocycles. The van der Waals surface area contributed by atoms with Crippen LogP contribution in [0.1, 0.15) is 63.5 Å². The molecule has 4 unspecified atom stereocenters. The summed E-state index contributed by atoms with van der Waals surface area (Å²) in [7, 11) is 0. The molecule has 0 aromatic heterocycles. The van der Waals surface area contributed by atoms with Crippen molar-refractivity contribution < 1.29 is 4.79 Å². The summed E-state index contributed by atoms with van der Waals surface area (Å²) in [5.41, 5.74) is 2.41. The summed E-state index contributed by atoms with van der Waals surface area (Å²) < 4.78 is 0. The zero-order chi connectivity index (χ0) is 16.4. The van der Waals surface area contributed by atoms with Crippen LogP contribution in [0.2, 0.25) is 0 Å². The number of carbonyl (C=O) groups excluding carboxylic acids is 1. The summed E-state index contributed by atoms with van der Waals surface area (Å²) in [6.07, 6.45) is 9.07. The van der Waals surface area contributed by atoms with Gasteiger partial charge in [-0.05, 0) is 67.1 Å². The van der Waals surface area contributed by atoms with Crippen molar-refractivity contribution in [2.75, 3.05) is 0 Å². The van der Waals surface area contributed by atoms with Crippen LogP contribution in [0.25, 0.3) is 6.08 Å². The Labute approximate surface area is 140 Å². The number of hydrogen-bond acceptors (Lipinski definition) is 1. The molecule has 0 spiro atoms. The Morgan fingerprint density at radius 1 is 1.13 bits per heavy atom. The van der Waals surface area contributed by atoms with Gasteiger partial charge in [-0.3, -0.25) is 4.79 Å². The highest BCUT2D eigenvalue weighted by Crippen LogP contribution is 2.49. The number of hydrogen-bond donors (Lipinski definition) is 1. The van der Waals surface area contributed by atoms with Crippen LogP contribution in [0.15, 0.2) is 30.3 Å². The number of benzene rings is 1. The van der Waals surface area contributed by atoms with E-state index in [9.17, 15) is 4.79 Å². The lowest BCUT2D eigenvalue weighted by atomic mass is 9.84. The maximum absolute atomic E-state index is 12.2. The lowest BCUT2D eigenvalue weighted by molar-refractivity contribution is -0.117. The topological polar surface area (TPSA) is 29.1 Å². The Hall–Kier alpha value is -1.57. The largest absolute Gasteiger partial charge is 0.350 e. The molecule has 1 aromatic carbocycles. The summed E-state index contributed by atoms with van der Waals surface area (Å²) in [6, 6.07) is 8.74. The van der Waals surface area contributed by atoms with Crippen LogP contribution in [0, 0.1) is 17.8 Å². The van der Waals surface area contributed by atoms with Gasteiger partial charge < -0.3 is 5.32 Å². The second-order valence-electron chi connectivity index (χ2n) is 7.79. The Kier molecular flexibility index (Phi) is 4.89. The minimum Gasteiger partial charge on any atom is -0.350 e. The molecular weight excluding hydrogens is 282 g/mol. The van der Waals surface area contributed by atoms with Gasteiger partial charge in [0.05, 0.1) is 0 Å². The second kappa shape index (κ2) is 6.90. The normalized spacial score (nSPS) is 27.7. The third kappa shape index (κ3) is 3.85. The molecule has 2 aliphatic carbocycles. The maximum Gasteiger partial charge on any atom is 0.244 e. The third-order valence-corrected chi connectivity index (χ3v) is 5.84. The Morgan fingerprint density at radius 2 is 1.87 bits per heavy atom. The molecule has 23 heavy (non-hydrogen) atoms. The third-order valence-electron chi connectivity index (χ3n) is 5.84. The summed E-state index contributed by atoms with van der Waals surface area (Å²) in [4.78, 5) is 12.2. The van der Waals surface area contributed by atoms with Crippen LogP contribution in [0.3, 0.4) is 0 Å². The minimum atomic E-state index is 0.0354. The first kappa shape index (κ1) is 16.3. The molecule has 2 nitrogen and oxygen atoms in total. The van der Waals surface area contributed by atoms with Crippen molar-refractivity contribution >= 4 is 12.0 Å². The predicted octanol–water partition coefficient (Wildman–Crippen LogP) is 4.76. The molecule has 2 aliphatic rings. The molecule has 0 radical (unpaired) electrons. The van der Waals surface area contributed by atoms with Gasteiger partial charge in [0.15, 0.2) is 0 Å². The van der Waals surface area contributed by atoms with Crippen LogP contribution in [0.5, 0.6) is 0 Å². The van der Waals surface area contributed by atoms with Crippen molar-refractivity contribution in [2.24, 2.45) is 17.8 Å². The maximum atomic E-state index is 12.2. The summed E-state index contributed by atoms with van der Waals surface area (Å²) in [6.45, 7) is 6.55. The lowest BCUT2D eigenvalue weighted by Crippen LogP contribution is -2.39. The van der Waals surface area contributed by atoms with E-state index in [4.69, 9.17) is 0 Å². The summed E-state index contributed by atoms with van der Waals surface area (Å²) in [5.74, 6) is 3.05. The van der Waals surface area contributed by atoms with Crippen LogP contribution in [0.4, 0.5) is 0 Å². The molecule has 2 saturated carbocycles. The molecular formula is C21H29NO. The first-order chi connectivity index (χ1) is 11.0. The molecule has 1 aromatic rings. The molecule has 2 bridgehead atoms. The average Bonchev–Trinajstić information content (AvgIpc) is 3.16. The fourth-order valence-electron chi connectivity index (χ4n) is 4.45. The van der Waals surface area contributed by atoms with Gasteiger partial charge in [0.1, 0.15) is 0 Å². The Bertz CT molecular complexity index is 572. The van der Waals surface area contributed by atoms with Gasteiger partial charge in [0, 0.05) is 12.1 Å². The smallest absolute Gasteiger partial charge is 0.244 e. The monoisotopic (exact) mass is 311 g/mol. The molecule has 1 amide bonds. The number of nitrogens with one attached hydrogen (secondary N) is 1. The van der Waals surface area contributed by atoms with Gasteiger partial charge in [-0.2, -0.15) is 0 Å². The van der Waals surface area contributed by atoms with Crippen LogP contribution in [-0.4, -0.2) is 11.9 Å². The average molecular weight is 311 g/mol. The summed E-state index contributed by atoms with van der Waals surface area (Å²) >= 11 is 0. The van der Waals surface area contributed by atoms with E-state index in [-0.39, 0.29) is 5.91 Å². The molecule has 2 fully saturated rings. The minimum absolute atomic E-state index is 0.0354. The van der Waals surface area contributed by atoms with E-state index < -0.39 is 0 Å². The molecule has 0 saturated heterocycles. The van der Waals surface area contributed by atoms with E-state index in [1.807, 2.05) is 6.08 Å². The van der Waals surface area contributed by atoms with Crippen molar-refractivity contribution in [2.45, 2.75) is 58.4 Å². The second-order valence-corrected chi connectivity index (χ2v) is 7.79. The SMILES string of the molecule is CC(C)c1ccc(C=CC(=O)NC(C)C2CC3CCC2C3)cc1. The van der Waals surface area contributed by atoms with Gasteiger partial charge in [-0.15, -0.1) is 0 Å². The van der Waals surface area contributed by atoms with E-state index in [1.165, 1.54) is 31.2 Å². The van der Waals surface area contributed by atoms with Crippen LogP contribution < -0.4 is 5.32 Å². The zero-order valence-electron chi connectivity index (χ0n) is 14.6. The van der Waals surface area contributed by atoms with Crippen molar-refractivity contribution in [1.82, 2.24) is 5.32 Å². The lowest BCUT2D eigenvalue weighted by Gasteiger charge is -2.28. The number of amides is 1. The number of rotatable bonds is 5. The van der Waals surface area contributed by atoms with Gasteiger partial charge in [-0.25, -0.2) is 0 Å². The highest BCUT2D eigenvalue weighted by atomic mass is 16.1. The first-order valence-electron chi connectivity index (χ1n) is 9.11. The quantitative estimate of drug-likeness (QED) is 0.780. The Balaban J connectivity index is 1.52. The number of carbonyl (C=O) groups is 1. The first-order valence-corrected chi connectivity index (χ1v) is 9.11. The van der Waals surface area contributed by atoms with E-state index in [1.54, 1.807) is 6.08 Å². The fourth-order valence-corrected chi connectivity index (χ4v) is 4.45. The van der Waals surface area contributed by atoms with Gasteiger partial charge >= 0.3 is 0 Å². The van der Waals surface area contributed by atoms with Crippen molar-refractivity contribution in [1.29, 1.82) is 0 Å². The summed E-state index contributed by atoms with van der Waals surface area (Å²) in [5, 5.41) is 3.18. The van der Waals surface area contributed by atoms with Crippen LogP contribution >= 0.6 is 0 Å². The fraction of sp³-hybridized carbons (Fsp3) is 0.571. The molecule has 0 aliphatic heterocycles. The van der Waals surface area contributed by atoms with Crippen molar-refractivity contribution in [3.05, 3.63) is 41.5 Å². The van der Waals surface area contributed by atoms with Gasteiger partial charge in [0.25, 0.3) is 0 Å². The molecule has 3 rings (SSSR count). The van der Waals surface area contributed by atoms with E-state index in [2.05, 4.69) is 50.4 Å². The van der Waals surface area contributed by atoms with E-state index in [0.29, 0.717) is 17.9 Å². The van der Waals surface area contributed by atoms with Crippen molar-refractivity contribution in [3.63, 3.8) is 0 Å². The molecule has 2 heteroatoms. The van der Waals surface area contributed by atoms with Gasteiger partial charge in [-0.1, -0.05) is 44.5 Å².